The Morgan fingerprint density at radius 2 is 2.12 bits per heavy atom. The Labute approximate surface area is 122 Å². The number of hydrogen-bond acceptors (Lipinski definition) is 2. The fourth-order valence-corrected chi connectivity index (χ4v) is 4.99. The van der Waals surface area contributed by atoms with Crippen molar-refractivity contribution in [1.29, 1.82) is 0 Å². The second kappa shape index (κ2) is 5.17. The van der Waals surface area contributed by atoms with Crippen LogP contribution in [0.2, 0.25) is 5.02 Å². The predicted octanol–water partition coefficient (Wildman–Crippen LogP) is 3.26. The van der Waals surface area contributed by atoms with Gasteiger partial charge in [-0.1, -0.05) is 43.5 Å². The Morgan fingerprint density at radius 1 is 1.41 bits per heavy atom. The van der Waals surface area contributed by atoms with E-state index in [2.05, 4.69) is 31.9 Å². The van der Waals surface area contributed by atoms with Gasteiger partial charge in [-0.05, 0) is 24.6 Å². The lowest BCUT2D eigenvalue weighted by atomic mass is 10.4. The first kappa shape index (κ1) is 13.8. The van der Waals surface area contributed by atoms with Crippen molar-refractivity contribution in [3.63, 3.8) is 0 Å². The van der Waals surface area contributed by atoms with E-state index in [-0.39, 0.29) is 14.7 Å². The molecular weight excluding hydrogens is 393 g/mol. The molecule has 0 N–H and O–H groups in total. The van der Waals surface area contributed by atoms with Crippen molar-refractivity contribution in [2.24, 2.45) is 0 Å². The van der Waals surface area contributed by atoms with Crippen LogP contribution >= 0.6 is 43.5 Å². The summed E-state index contributed by atoms with van der Waals surface area (Å²) in [5, 5.41) is 0.248. The molecule has 1 aromatic rings. The molecule has 1 heterocycles. The minimum atomic E-state index is -3.47. The molecule has 1 atom stereocenters. The molecule has 17 heavy (non-hydrogen) atoms. The lowest BCUT2D eigenvalue weighted by Gasteiger charge is -2.16. The molecule has 0 spiro atoms. The third-order valence-corrected chi connectivity index (χ3v) is 6.19. The highest BCUT2D eigenvalue weighted by molar-refractivity contribution is 9.10. The van der Waals surface area contributed by atoms with Crippen LogP contribution in [0.4, 0.5) is 0 Å². The van der Waals surface area contributed by atoms with Gasteiger partial charge in [0.05, 0.1) is 5.02 Å². The van der Waals surface area contributed by atoms with Gasteiger partial charge in [-0.2, -0.15) is 4.31 Å². The van der Waals surface area contributed by atoms with Gasteiger partial charge >= 0.3 is 0 Å². The van der Waals surface area contributed by atoms with E-state index in [1.54, 1.807) is 12.1 Å². The van der Waals surface area contributed by atoms with Gasteiger partial charge in [0.15, 0.2) is 0 Å². The highest BCUT2D eigenvalue weighted by Gasteiger charge is 2.32. The largest absolute Gasteiger partial charge is 0.244 e. The number of hydrogen-bond donors (Lipinski definition) is 0. The lowest BCUT2D eigenvalue weighted by Crippen LogP contribution is -2.29. The first-order chi connectivity index (χ1) is 7.91. The van der Waals surface area contributed by atoms with Crippen molar-refractivity contribution in [3.8, 4) is 0 Å². The zero-order valence-corrected chi connectivity index (χ0v) is 13.5. The maximum absolute atomic E-state index is 12.3. The van der Waals surface area contributed by atoms with Crippen molar-refractivity contribution in [3.05, 3.63) is 27.7 Å². The molecule has 1 aromatic carbocycles. The molecule has 0 saturated carbocycles. The Balaban J connectivity index is 2.38. The normalized spacial score (nSPS) is 21.9. The van der Waals surface area contributed by atoms with E-state index in [1.807, 2.05) is 0 Å². The van der Waals surface area contributed by atoms with Gasteiger partial charge in [-0.3, -0.25) is 0 Å². The summed E-state index contributed by atoms with van der Waals surface area (Å²) in [5.41, 5.74) is 0. The van der Waals surface area contributed by atoms with E-state index < -0.39 is 10.0 Å². The Morgan fingerprint density at radius 3 is 2.65 bits per heavy atom. The van der Waals surface area contributed by atoms with Crippen molar-refractivity contribution in [2.75, 3.05) is 13.1 Å². The van der Waals surface area contributed by atoms with Crippen LogP contribution in [0.3, 0.4) is 0 Å². The molecule has 0 aliphatic carbocycles. The van der Waals surface area contributed by atoms with Gasteiger partial charge in [0.25, 0.3) is 0 Å². The number of sulfonamides is 1. The molecule has 3 nitrogen and oxygen atoms in total. The van der Waals surface area contributed by atoms with Crippen LogP contribution in [0.25, 0.3) is 0 Å². The van der Waals surface area contributed by atoms with Gasteiger partial charge in [0.1, 0.15) is 4.90 Å². The summed E-state index contributed by atoms with van der Waals surface area (Å²) in [6, 6.07) is 4.81. The van der Waals surface area contributed by atoms with Gasteiger partial charge in [0.2, 0.25) is 10.0 Å². The summed E-state index contributed by atoms with van der Waals surface area (Å²) in [7, 11) is -3.47. The molecule has 0 bridgehead atoms. The minimum absolute atomic E-state index is 0.170. The summed E-state index contributed by atoms with van der Waals surface area (Å²) in [4.78, 5) is 0.399. The predicted molar refractivity (Wildman–Crippen MR) is 75.2 cm³/mol. The Bertz CT molecular complexity index is 535. The molecule has 2 rings (SSSR count). The summed E-state index contributed by atoms with van der Waals surface area (Å²) < 4.78 is 26.9. The molecule has 0 amide bonds. The van der Waals surface area contributed by atoms with Crippen LogP contribution in [0, 0.1) is 0 Å². The quantitative estimate of drug-likeness (QED) is 0.711. The minimum Gasteiger partial charge on any atom is -0.207 e. The molecule has 0 aromatic heterocycles. The smallest absolute Gasteiger partial charge is 0.207 e. The molecule has 0 radical (unpaired) electrons. The number of rotatable bonds is 2. The maximum atomic E-state index is 12.3. The standard InChI is InChI=1S/C10H10Br2ClNO2S/c11-7-1-2-10(9(13)5-7)17(15,16)14-4-3-8(12)6-14/h1-2,5,8H,3-4,6H2. The zero-order valence-electron chi connectivity index (χ0n) is 8.74. The second-order valence-corrected chi connectivity index (χ2v) is 8.35. The van der Waals surface area contributed by atoms with E-state index in [4.69, 9.17) is 11.6 Å². The first-order valence-electron chi connectivity index (χ1n) is 5.00. The molecule has 1 aliphatic heterocycles. The van der Waals surface area contributed by atoms with Crippen LogP contribution < -0.4 is 0 Å². The average Bonchev–Trinajstić information content (AvgIpc) is 2.64. The van der Waals surface area contributed by atoms with Crippen LogP contribution in [-0.4, -0.2) is 30.6 Å². The van der Waals surface area contributed by atoms with Crippen molar-refractivity contribution < 1.29 is 8.42 Å². The van der Waals surface area contributed by atoms with Crippen LogP contribution in [-0.2, 0) is 10.0 Å². The number of benzene rings is 1. The summed E-state index contributed by atoms with van der Waals surface area (Å²) >= 11 is 12.7. The van der Waals surface area contributed by atoms with Gasteiger partial charge < -0.3 is 0 Å². The molecule has 1 saturated heterocycles. The van der Waals surface area contributed by atoms with Crippen LogP contribution in [0.5, 0.6) is 0 Å². The molecule has 1 aliphatic rings. The first-order valence-corrected chi connectivity index (χ1v) is 8.53. The van der Waals surface area contributed by atoms with E-state index in [1.165, 1.54) is 10.4 Å². The summed E-state index contributed by atoms with van der Waals surface area (Å²) in [6.45, 7) is 1.03. The maximum Gasteiger partial charge on any atom is 0.244 e. The number of halogens is 3. The van der Waals surface area contributed by atoms with Crippen LogP contribution in [0.1, 0.15) is 6.42 Å². The van der Waals surface area contributed by atoms with Crippen LogP contribution in [0.15, 0.2) is 27.6 Å². The van der Waals surface area contributed by atoms with Gasteiger partial charge in [-0.25, -0.2) is 8.42 Å². The SMILES string of the molecule is O=S(=O)(c1ccc(Br)cc1Cl)N1CCC(Br)C1. The van der Waals surface area contributed by atoms with E-state index >= 15 is 0 Å². The second-order valence-electron chi connectivity index (χ2n) is 3.82. The third kappa shape index (κ3) is 2.87. The molecule has 1 fully saturated rings. The highest BCUT2D eigenvalue weighted by atomic mass is 79.9. The van der Waals surface area contributed by atoms with Gasteiger partial charge in [-0.15, -0.1) is 0 Å². The lowest BCUT2D eigenvalue weighted by molar-refractivity contribution is 0.478. The van der Waals surface area contributed by atoms with E-state index in [0.717, 1.165) is 10.9 Å². The topological polar surface area (TPSA) is 37.4 Å². The van der Waals surface area contributed by atoms with Crippen molar-refractivity contribution in [2.45, 2.75) is 16.1 Å². The molecule has 7 heteroatoms. The van der Waals surface area contributed by atoms with Gasteiger partial charge in [0, 0.05) is 22.4 Å². The number of alkyl halides is 1. The average molecular weight is 404 g/mol. The summed E-state index contributed by atoms with van der Waals surface area (Å²) in [5.74, 6) is 0. The van der Waals surface area contributed by atoms with E-state index in [9.17, 15) is 8.42 Å². The molecule has 1 unspecified atom stereocenters. The van der Waals surface area contributed by atoms with Crippen molar-refractivity contribution >= 4 is 53.5 Å². The zero-order chi connectivity index (χ0) is 12.6. The fourth-order valence-electron chi connectivity index (χ4n) is 1.73. The monoisotopic (exact) mass is 401 g/mol. The third-order valence-electron chi connectivity index (χ3n) is 2.61. The summed E-state index contributed by atoms with van der Waals surface area (Å²) in [6.07, 6.45) is 0.827. The Kier molecular flexibility index (Phi) is 4.20. The Hall–Kier alpha value is 0.380. The fraction of sp³-hybridized carbons (Fsp3) is 0.400. The number of nitrogens with zero attached hydrogens (tertiary/aromatic N) is 1. The molecular formula is C10H10Br2ClNO2S. The van der Waals surface area contributed by atoms with E-state index in [0.29, 0.717) is 13.1 Å². The van der Waals surface area contributed by atoms with Crippen molar-refractivity contribution in [1.82, 2.24) is 4.31 Å². The molecule has 94 valence electrons. The highest BCUT2D eigenvalue weighted by Crippen LogP contribution is 2.30.